The van der Waals surface area contributed by atoms with Gasteiger partial charge in [-0.1, -0.05) is 25.1 Å². The zero-order valence-electron chi connectivity index (χ0n) is 11.8. The van der Waals surface area contributed by atoms with Gasteiger partial charge in [0.2, 0.25) is 0 Å². The van der Waals surface area contributed by atoms with Crippen molar-refractivity contribution in [2.75, 3.05) is 6.54 Å². The Kier molecular flexibility index (Phi) is 5.54. The van der Waals surface area contributed by atoms with Crippen molar-refractivity contribution in [2.45, 2.75) is 26.3 Å². The quantitative estimate of drug-likeness (QED) is 0.743. The number of likely N-dealkylation sites (N-methyl/N-ethyl adjacent to an activating group) is 1. The molecule has 0 heterocycles. The Hall–Kier alpha value is -0.940. The second-order valence-corrected chi connectivity index (χ2v) is 6.19. The Bertz CT molecular complexity index is 583. The minimum atomic E-state index is -0.166. The molecule has 0 saturated heterocycles. The van der Waals surface area contributed by atoms with Gasteiger partial charge in [-0.05, 0) is 83.4 Å². The van der Waals surface area contributed by atoms with Crippen molar-refractivity contribution in [3.8, 4) is 0 Å². The van der Waals surface area contributed by atoms with Crippen LogP contribution >= 0.6 is 22.6 Å². The van der Waals surface area contributed by atoms with E-state index in [1.807, 2.05) is 13.0 Å². The van der Waals surface area contributed by atoms with Crippen LogP contribution in [0.1, 0.15) is 29.7 Å². The number of benzene rings is 2. The normalized spacial score (nSPS) is 12.4. The summed E-state index contributed by atoms with van der Waals surface area (Å²) in [6, 6.07) is 13.8. The monoisotopic (exact) mass is 383 g/mol. The summed E-state index contributed by atoms with van der Waals surface area (Å²) in [5, 5.41) is 3.52. The lowest BCUT2D eigenvalue weighted by molar-refractivity contribution is 0.547. The minimum Gasteiger partial charge on any atom is -0.310 e. The molecule has 0 aromatic heterocycles. The van der Waals surface area contributed by atoms with E-state index in [9.17, 15) is 4.39 Å². The van der Waals surface area contributed by atoms with Crippen LogP contribution in [0.15, 0.2) is 42.5 Å². The fourth-order valence-corrected chi connectivity index (χ4v) is 2.95. The van der Waals surface area contributed by atoms with E-state index >= 15 is 0 Å². The molecule has 0 fully saturated rings. The molecule has 1 atom stereocenters. The molecular weight excluding hydrogens is 364 g/mol. The Labute approximate surface area is 133 Å². The van der Waals surface area contributed by atoms with E-state index in [1.165, 1.54) is 14.7 Å². The summed E-state index contributed by atoms with van der Waals surface area (Å²) >= 11 is 2.33. The first-order valence-electron chi connectivity index (χ1n) is 6.84. The van der Waals surface area contributed by atoms with E-state index < -0.39 is 0 Å². The van der Waals surface area contributed by atoms with Gasteiger partial charge in [0.25, 0.3) is 0 Å². The first kappa shape index (κ1) is 15.4. The molecule has 3 heteroatoms. The first-order chi connectivity index (χ1) is 9.60. The van der Waals surface area contributed by atoms with E-state index in [2.05, 4.69) is 59.1 Å². The molecule has 0 spiro atoms. The highest BCUT2D eigenvalue weighted by Crippen LogP contribution is 2.22. The lowest BCUT2D eigenvalue weighted by atomic mass is 9.96. The molecule has 0 aliphatic rings. The maximum absolute atomic E-state index is 13.2. The van der Waals surface area contributed by atoms with Crippen molar-refractivity contribution in [1.82, 2.24) is 5.32 Å². The van der Waals surface area contributed by atoms with Gasteiger partial charge in [0.1, 0.15) is 5.82 Å². The van der Waals surface area contributed by atoms with Gasteiger partial charge in [0.05, 0.1) is 0 Å². The van der Waals surface area contributed by atoms with Crippen LogP contribution in [0.25, 0.3) is 0 Å². The van der Waals surface area contributed by atoms with Crippen molar-refractivity contribution in [1.29, 1.82) is 0 Å². The summed E-state index contributed by atoms with van der Waals surface area (Å²) in [6.45, 7) is 4.99. The zero-order valence-corrected chi connectivity index (χ0v) is 13.9. The Morgan fingerprint density at radius 2 is 2.00 bits per heavy atom. The SMILES string of the molecule is CCNC(Cc1ccc(F)cc1C)c1cccc(I)c1. The standard InChI is InChI=1S/C17H19FIN/c1-3-20-17(14-5-4-6-16(19)10-14)11-13-7-8-15(18)9-12(13)2/h4-10,17,20H,3,11H2,1-2H3. The molecule has 1 N–H and O–H groups in total. The highest BCUT2D eigenvalue weighted by atomic mass is 127. The number of rotatable bonds is 5. The van der Waals surface area contributed by atoms with Gasteiger partial charge < -0.3 is 5.32 Å². The third-order valence-corrected chi connectivity index (χ3v) is 4.10. The van der Waals surface area contributed by atoms with Crippen LogP contribution in [0.3, 0.4) is 0 Å². The van der Waals surface area contributed by atoms with E-state index in [4.69, 9.17) is 0 Å². The van der Waals surface area contributed by atoms with Gasteiger partial charge in [0.15, 0.2) is 0 Å². The maximum Gasteiger partial charge on any atom is 0.123 e. The molecule has 106 valence electrons. The Morgan fingerprint density at radius 3 is 2.65 bits per heavy atom. The predicted molar refractivity (Wildman–Crippen MR) is 90.4 cm³/mol. The molecule has 20 heavy (non-hydrogen) atoms. The highest BCUT2D eigenvalue weighted by Gasteiger charge is 2.13. The summed E-state index contributed by atoms with van der Waals surface area (Å²) in [4.78, 5) is 0. The second kappa shape index (κ2) is 7.18. The van der Waals surface area contributed by atoms with Gasteiger partial charge in [-0.2, -0.15) is 0 Å². The molecule has 1 unspecified atom stereocenters. The zero-order chi connectivity index (χ0) is 14.5. The molecule has 0 amide bonds. The summed E-state index contributed by atoms with van der Waals surface area (Å²) in [5.74, 6) is -0.166. The van der Waals surface area contributed by atoms with Gasteiger partial charge in [0, 0.05) is 9.61 Å². The number of hydrogen-bond donors (Lipinski definition) is 1. The number of aryl methyl sites for hydroxylation is 1. The molecule has 0 bridgehead atoms. The topological polar surface area (TPSA) is 12.0 Å². The van der Waals surface area contributed by atoms with Crippen LogP contribution in [-0.2, 0) is 6.42 Å². The number of nitrogens with one attached hydrogen (secondary N) is 1. The number of halogens is 2. The lowest BCUT2D eigenvalue weighted by Crippen LogP contribution is -2.23. The fourth-order valence-electron chi connectivity index (χ4n) is 2.39. The molecule has 0 radical (unpaired) electrons. The Balaban J connectivity index is 2.25. The average molecular weight is 383 g/mol. The summed E-state index contributed by atoms with van der Waals surface area (Å²) in [6.07, 6.45) is 0.875. The van der Waals surface area contributed by atoms with Gasteiger partial charge >= 0.3 is 0 Å². The maximum atomic E-state index is 13.2. The van der Waals surface area contributed by atoms with Gasteiger partial charge in [-0.3, -0.25) is 0 Å². The van der Waals surface area contributed by atoms with Crippen molar-refractivity contribution in [3.63, 3.8) is 0 Å². The molecule has 1 nitrogen and oxygen atoms in total. The smallest absolute Gasteiger partial charge is 0.123 e. The molecule has 2 rings (SSSR count). The van der Waals surface area contributed by atoms with Crippen LogP contribution in [0.4, 0.5) is 4.39 Å². The molecule has 0 aliphatic heterocycles. The van der Waals surface area contributed by atoms with E-state index in [1.54, 1.807) is 12.1 Å². The summed E-state index contributed by atoms with van der Waals surface area (Å²) in [5.41, 5.74) is 3.48. The first-order valence-corrected chi connectivity index (χ1v) is 7.92. The van der Waals surface area contributed by atoms with Gasteiger partial charge in [-0.25, -0.2) is 4.39 Å². The summed E-state index contributed by atoms with van der Waals surface area (Å²) in [7, 11) is 0. The molecule has 2 aromatic carbocycles. The molecule has 0 saturated carbocycles. The third kappa shape index (κ3) is 4.03. The van der Waals surface area contributed by atoms with Crippen molar-refractivity contribution in [2.24, 2.45) is 0 Å². The highest BCUT2D eigenvalue weighted by molar-refractivity contribution is 14.1. The van der Waals surface area contributed by atoms with Crippen LogP contribution in [-0.4, -0.2) is 6.54 Å². The van der Waals surface area contributed by atoms with Crippen molar-refractivity contribution < 1.29 is 4.39 Å². The molecule has 0 aliphatic carbocycles. The fraction of sp³-hybridized carbons (Fsp3) is 0.294. The second-order valence-electron chi connectivity index (χ2n) is 4.94. The van der Waals surface area contributed by atoms with Crippen LogP contribution < -0.4 is 5.32 Å². The average Bonchev–Trinajstić information content (AvgIpc) is 2.41. The predicted octanol–water partition coefficient (Wildman–Crippen LogP) is 4.63. The van der Waals surface area contributed by atoms with E-state index in [0.29, 0.717) is 0 Å². The lowest BCUT2D eigenvalue weighted by Gasteiger charge is -2.20. The van der Waals surface area contributed by atoms with Crippen molar-refractivity contribution >= 4 is 22.6 Å². The molecule has 2 aromatic rings. The van der Waals surface area contributed by atoms with Crippen LogP contribution in [0.2, 0.25) is 0 Å². The van der Waals surface area contributed by atoms with E-state index in [0.717, 1.165) is 18.5 Å². The minimum absolute atomic E-state index is 0.166. The van der Waals surface area contributed by atoms with E-state index in [-0.39, 0.29) is 11.9 Å². The molecular formula is C17H19FIN. The largest absolute Gasteiger partial charge is 0.310 e. The van der Waals surface area contributed by atoms with Crippen molar-refractivity contribution in [3.05, 3.63) is 68.5 Å². The number of hydrogen-bond acceptors (Lipinski definition) is 1. The van der Waals surface area contributed by atoms with Gasteiger partial charge in [-0.15, -0.1) is 0 Å². The summed E-state index contributed by atoms with van der Waals surface area (Å²) < 4.78 is 14.4. The third-order valence-electron chi connectivity index (χ3n) is 3.43. The van der Waals surface area contributed by atoms with Crippen LogP contribution in [0.5, 0.6) is 0 Å². The van der Waals surface area contributed by atoms with Crippen LogP contribution in [0, 0.1) is 16.3 Å². The Morgan fingerprint density at radius 1 is 1.20 bits per heavy atom.